The maximum atomic E-state index is 12.7. The molecule has 4 aliphatic rings. The van der Waals surface area contributed by atoms with E-state index in [9.17, 15) is 9.59 Å². The van der Waals surface area contributed by atoms with Gasteiger partial charge in [0.15, 0.2) is 14.1 Å². The predicted octanol–water partition coefficient (Wildman–Crippen LogP) is 4.30. The van der Waals surface area contributed by atoms with E-state index in [-0.39, 0.29) is 17.3 Å². The lowest BCUT2D eigenvalue weighted by Gasteiger charge is -2.54. The number of Topliss-reactive ketones (excluding diaryl/α,β-unsaturated/α-hetero) is 1. The van der Waals surface area contributed by atoms with Crippen LogP contribution in [-0.2, 0) is 14.0 Å². The molecule has 0 aliphatic heterocycles. The Hall–Kier alpha value is -1.00. The van der Waals surface area contributed by atoms with Gasteiger partial charge in [-0.25, -0.2) is 0 Å². The van der Waals surface area contributed by atoms with Crippen molar-refractivity contribution in [2.24, 2.45) is 29.1 Å². The molecule has 0 saturated heterocycles. The molecule has 6 atom stereocenters. The van der Waals surface area contributed by atoms with Crippen LogP contribution in [0.15, 0.2) is 23.8 Å². The van der Waals surface area contributed by atoms with Gasteiger partial charge in [0.25, 0.3) is 0 Å². The highest BCUT2D eigenvalue weighted by atomic mass is 28.4. The smallest absolute Gasteiger partial charge is 0.184 e. The Bertz CT molecular complexity index is 671. The van der Waals surface area contributed by atoms with E-state index in [4.69, 9.17) is 4.43 Å². The fraction of sp³-hybridized carbons (Fsp3) is 0.714. The molecule has 0 aromatic carbocycles. The van der Waals surface area contributed by atoms with Crippen LogP contribution in [0.2, 0.25) is 19.6 Å². The molecule has 0 N–H and O–H groups in total. The highest BCUT2D eigenvalue weighted by molar-refractivity contribution is 6.69. The summed E-state index contributed by atoms with van der Waals surface area (Å²) in [4.78, 5) is 24.6. The van der Waals surface area contributed by atoms with Crippen molar-refractivity contribution in [3.63, 3.8) is 0 Å². The van der Waals surface area contributed by atoms with Gasteiger partial charge in [-0.2, -0.15) is 0 Å². The van der Waals surface area contributed by atoms with Gasteiger partial charge in [-0.3, -0.25) is 9.59 Å². The molecule has 4 rings (SSSR count). The maximum absolute atomic E-state index is 12.7. The number of hydrogen-bond acceptors (Lipinski definition) is 3. The van der Waals surface area contributed by atoms with Crippen LogP contribution < -0.4 is 0 Å². The molecular weight excluding hydrogens is 328 g/mol. The minimum atomic E-state index is -1.71. The quantitative estimate of drug-likeness (QED) is 0.691. The summed E-state index contributed by atoms with van der Waals surface area (Å²) in [5.41, 5.74) is 0.983. The summed E-state index contributed by atoms with van der Waals surface area (Å²) in [6.45, 7) is 8.92. The highest BCUT2D eigenvalue weighted by Crippen LogP contribution is 2.59. The SMILES string of the molecule is C[C@]12C[C@@H](O[Si](C)(C)C)C3C4CCC(=O)C=C4C=CC3C1CCC2=O. The van der Waals surface area contributed by atoms with Crippen molar-refractivity contribution >= 4 is 19.9 Å². The van der Waals surface area contributed by atoms with E-state index in [1.54, 1.807) is 0 Å². The summed E-state index contributed by atoms with van der Waals surface area (Å²) < 4.78 is 6.69. The standard InChI is InChI=1S/C21H30O3Si/c1-21-12-18(24-25(2,3)4)20-15-8-6-14(22)11-13(15)5-7-16(20)17(21)9-10-19(21)23/h5,7,11,15-18,20H,6,8-10,12H2,1-4H3/t15?,16?,17?,18-,20?,21+/m1/s1. The fourth-order valence-corrected chi connectivity index (χ4v) is 7.20. The largest absolute Gasteiger partial charge is 0.414 e. The molecule has 3 nitrogen and oxygen atoms in total. The Balaban J connectivity index is 1.76. The highest BCUT2D eigenvalue weighted by Gasteiger charge is 2.59. The molecule has 4 aliphatic carbocycles. The summed E-state index contributed by atoms with van der Waals surface area (Å²) in [6, 6.07) is 0. The van der Waals surface area contributed by atoms with Crippen LogP contribution in [0.25, 0.3) is 0 Å². The Kier molecular flexibility index (Phi) is 4.00. The van der Waals surface area contributed by atoms with Crippen LogP contribution >= 0.6 is 0 Å². The molecule has 0 radical (unpaired) electrons. The summed E-state index contributed by atoms with van der Waals surface area (Å²) in [5, 5.41) is 0. The Morgan fingerprint density at radius 3 is 2.64 bits per heavy atom. The summed E-state index contributed by atoms with van der Waals surface area (Å²) >= 11 is 0. The van der Waals surface area contributed by atoms with E-state index >= 15 is 0 Å². The molecule has 2 fully saturated rings. The van der Waals surface area contributed by atoms with Gasteiger partial charge in [-0.1, -0.05) is 19.1 Å². The zero-order valence-corrected chi connectivity index (χ0v) is 16.9. The predicted molar refractivity (Wildman–Crippen MR) is 101 cm³/mol. The van der Waals surface area contributed by atoms with E-state index in [1.807, 2.05) is 6.08 Å². The molecule has 2 saturated carbocycles. The topological polar surface area (TPSA) is 43.4 Å². The van der Waals surface area contributed by atoms with Crippen molar-refractivity contribution in [3.8, 4) is 0 Å². The molecule has 0 aromatic heterocycles. The molecule has 0 amide bonds. The number of allylic oxidation sites excluding steroid dienone is 4. The first-order valence-corrected chi connectivity index (χ1v) is 13.2. The van der Waals surface area contributed by atoms with Crippen molar-refractivity contribution < 1.29 is 14.0 Å². The molecule has 0 aromatic rings. The van der Waals surface area contributed by atoms with Crippen molar-refractivity contribution in [2.45, 2.75) is 64.8 Å². The molecule has 4 unspecified atom stereocenters. The second kappa shape index (κ2) is 5.75. The fourth-order valence-electron chi connectivity index (χ4n) is 6.05. The molecular formula is C21H30O3Si. The van der Waals surface area contributed by atoms with Gasteiger partial charge >= 0.3 is 0 Å². The van der Waals surface area contributed by atoms with Crippen molar-refractivity contribution in [3.05, 3.63) is 23.8 Å². The Morgan fingerprint density at radius 2 is 1.92 bits per heavy atom. The van der Waals surface area contributed by atoms with E-state index in [0.29, 0.717) is 35.9 Å². The first-order valence-electron chi connectivity index (χ1n) is 9.83. The summed E-state index contributed by atoms with van der Waals surface area (Å²) in [6.07, 6.45) is 10.7. The molecule has 4 heteroatoms. The van der Waals surface area contributed by atoms with Crippen LogP contribution in [0.4, 0.5) is 0 Å². The van der Waals surface area contributed by atoms with Gasteiger partial charge in [0, 0.05) is 24.4 Å². The van der Waals surface area contributed by atoms with Gasteiger partial charge in [0.1, 0.15) is 5.78 Å². The van der Waals surface area contributed by atoms with Crippen molar-refractivity contribution in [1.29, 1.82) is 0 Å². The summed E-state index contributed by atoms with van der Waals surface area (Å²) in [7, 11) is -1.71. The Morgan fingerprint density at radius 1 is 1.16 bits per heavy atom. The lowest BCUT2D eigenvalue weighted by molar-refractivity contribution is -0.135. The van der Waals surface area contributed by atoms with E-state index in [1.165, 1.54) is 5.57 Å². The van der Waals surface area contributed by atoms with Crippen LogP contribution in [0.1, 0.15) is 39.0 Å². The average Bonchev–Trinajstić information content (AvgIpc) is 2.80. The van der Waals surface area contributed by atoms with Gasteiger partial charge in [-0.05, 0) is 74.2 Å². The number of ketones is 2. The van der Waals surface area contributed by atoms with Crippen LogP contribution in [-0.4, -0.2) is 26.0 Å². The second-order valence-corrected chi connectivity index (χ2v) is 14.2. The monoisotopic (exact) mass is 358 g/mol. The molecule has 25 heavy (non-hydrogen) atoms. The second-order valence-electron chi connectivity index (χ2n) is 9.73. The number of rotatable bonds is 2. The third kappa shape index (κ3) is 2.82. The molecule has 136 valence electrons. The van der Waals surface area contributed by atoms with Crippen molar-refractivity contribution in [1.82, 2.24) is 0 Å². The zero-order chi connectivity index (χ0) is 18.0. The third-order valence-corrected chi connectivity index (χ3v) is 8.05. The van der Waals surface area contributed by atoms with Gasteiger partial charge in [0.05, 0.1) is 0 Å². The first-order chi connectivity index (χ1) is 11.7. The van der Waals surface area contributed by atoms with E-state index < -0.39 is 8.32 Å². The number of hydrogen-bond donors (Lipinski definition) is 0. The normalized spacial score (nSPS) is 43.4. The molecule has 0 heterocycles. The van der Waals surface area contributed by atoms with Crippen molar-refractivity contribution in [2.75, 3.05) is 0 Å². The lowest BCUT2D eigenvalue weighted by atomic mass is 9.53. The number of carbonyl (C=O) groups excluding carboxylic acids is 2. The first kappa shape index (κ1) is 17.4. The molecule has 0 spiro atoms. The van der Waals surface area contributed by atoms with Crippen LogP contribution in [0.5, 0.6) is 0 Å². The Labute approximate surface area is 152 Å². The maximum Gasteiger partial charge on any atom is 0.184 e. The number of fused-ring (bicyclic) bond motifs is 5. The zero-order valence-electron chi connectivity index (χ0n) is 15.9. The van der Waals surface area contributed by atoms with Gasteiger partial charge < -0.3 is 4.43 Å². The van der Waals surface area contributed by atoms with E-state index in [0.717, 1.165) is 25.7 Å². The summed E-state index contributed by atoms with van der Waals surface area (Å²) in [5.74, 6) is 2.42. The van der Waals surface area contributed by atoms with Crippen LogP contribution in [0.3, 0.4) is 0 Å². The third-order valence-electron chi connectivity index (χ3n) is 7.04. The minimum Gasteiger partial charge on any atom is -0.414 e. The average molecular weight is 359 g/mol. The van der Waals surface area contributed by atoms with Gasteiger partial charge in [-0.15, -0.1) is 0 Å². The molecule has 0 bridgehead atoms. The number of carbonyl (C=O) groups is 2. The van der Waals surface area contributed by atoms with Gasteiger partial charge in [0.2, 0.25) is 0 Å². The van der Waals surface area contributed by atoms with E-state index in [2.05, 4.69) is 38.7 Å². The van der Waals surface area contributed by atoms with Crippen LogP contribution in [0, 0.1) is 29.1 Å². The lowest BCUT2D eigenvalue weighted by Crippen LogP contribution is -2.54. The minimum absolute atomic E-state index is 0.145.